The third-order valence-corrected chi connectivity index (χ3v) is 3.15. The van der Waals surface area contributed by atoms with Gasteiger partial charge in [0.2, 0.25) is 0 Å². The standard InChI is InChI=1S/C14H20N2O4/c1-10(4-6-14(17)18)7-8-15-12-9-11(2)3-5-13(12)16(19)20/h3,5,9-10,15H,4,6-8H2,1-2H3,(H,17,18). The Morgan fingerprint density at radius 2 is 2.15 bits per heavy atom. The fraction of sp³-hybridized carbons (Fsp3) is 0.500. The van der Waals surface area contributed by atoms with Gasteiger partial charge in [-0.25, -0.2) is 0 Å². The van der Waals surface area contributed by atoms with Crippen LogP contribution < -0.4 is 5.32 Å². The van der Waals surface area contributed by atoms with E-state index in [1.807, 2.05) is 13.8 Å². The molecule has 0 aliphatic heterocycles. The van der Waals surface area contributed by atoms with Crippen molar-refractivity contribution in [3.8, 4) is 0 Å². The van der Waals surface area contributed by atoms with Gasteiger partial charge in [-0.1, -0.05) is 13.0 Å². The summed E-state index contributed by atoms with van der Waals surface area (Å²) in [7, 11) is 0. The number of carboxylic acid groups (broad SMARTS) is 1. The molecule has 0 radical (unpaired) electrons. The summed E-state index contributed by atoms with van der Waals surface area (Å²) in [4.78, 5) is 21.0. The molecular formula is C14H20N2O4. The fourth-order valence-corrected chi connectivity index (χ4v) is 1.92. The molecule has 0 heterocycles. The summed E-state index contributed by atoms with van der Waals surface area (Å²) in [6.07, 6.45) is 1.55. The van der Waals surface area contributed by atoms with E-state index in [0.29, 0.717) is 18.7 Å². The van der Waals surface area contributed by atoms with Crippen LogP contribution in [0.15, 0.2) is 18.2 Å². The number of nitro benzene ring substituents is 1. The Kier molecular flexibility index (Phi) is 5.96. The molecule has 0 spiro atoms. The van der Waals surface area contributed by atoms with Crippen LogP contribution in [0.3, 0.4) is 0 Å². The minimum absolute atomic E-state index is 0.0637. The molecule has 2 N–H and O–H groups in total. The second-order valence-corrected chi connectivity index (χ2v) is 5.03. The van der Waals surface area contributed by atoms with Gasteiger partial charge in [-0.15, -0.1) is 0 Å². The molecule has 110 valence electrons. The zero-order chi connectivity index (χ0) is 15.1. The number of aliphatic carboxylic acids is 1. The Morgan fingerprint density at radius 1 is 1.45 bits per heavy atom. The molecule has 0 amide bonds. The van der Waals surface area contributed by atoms with Gasteiger partial charge in [-0.05, 0) is 37.3 Å². The van der Waals surface area contributed by atoms with Crippen molar-refractivity contribution in [1.82, 2.24) is 0 Å². The third kappa shape index (κ3) is 5.26. The summed E-state index contributed by atoms with van der Waals surface area (Å²) in [6, 6.07) is 4.95. The van der Waals surface area contributed by atoms with E-state index >= 15 is 0 Å². The zero-order valence-corrected chi connectivity index (χ0v) is 11.8. The maximum Gasteiger partial charge on any atom is 0.303 e. The molecule has 20 heavy (non-hydrogen) atoms. The SMILES string of the molecule is Cc1ccc([N+](=O)[O-])c(NCCC(C)CCC(=O)O)c1. The van der Waals surface area contributed by atoms with Crippen molar-refractivity contribution in [2.24, 2.45) is 5.92 Å². The van der Waals surface area contributed by atoms with Crippen LogP contribution in [0.25, 0.3) is 0 Å². The van der Waals surface area contributed by atoms with E-state index in [-0.39, 0.29) is 18.0 Å². The van der Waals surface area contributed by atoms with Crippen LogP contribution in [0, 0.1) is 23.0 Å². The number of nitrogens with zero attached hydrogens (tertiary/aromatic N) is 1. The minimum Gasteiger partial charge on any atom is -0.481 e. The van der Waals surface area contributed by atoms with Gasteiger partial charge >= 0.3 is 5.97 Å². The summed E-state index contributed by atoms with van der Waals surface area (Å²) < 4.78 is 0. The van der Waals surface area contributed by atoms with Crippen LogP contribution in [0.5, 0.6) is 0 Å². The largest absolute Gasteiger partial charge is 0.481 e. The van der Waals surface area contributed by atoms with Crippen molar-refractivity contribution in [3.63, 3.8) is 0 Å². The van der Waals surface area contributed by atoms with Gasteiger partial charge in [0.1, 0.15) is 5.69 Å². The molecule has 0 saturated carbocycles. The van der Waals surface area contributed by atoms with Gasteiger partial charge < -0.3 is 10.4 Å². The van der Waals surface area contributed by atoms with E-state index < -0.39 is 10.9 Å². The van der Waals surface area contributed by atoms with Crippen LogP contribution in [0.2, 0.25) is 0 Å². The molecule has 1 aromatic carbocycles. The zero-order valence-electron chi connectivity index (χ0n) is 11.8. The molecule has 1 rings (SSSR count). The first kappa shape index (κ1) is 15.9. The van der Waals surface area contributed by atoms with Crippen molar-refractivity contribution in [2.45, 2.75) is 33.1 Å². The molecule has 6 nitrogen and oxygen atoms in total. The summed E-state index contributed by atoms with van der Waals surface area (Å²) in [6.45, 7) is 4.45. The Hall–Kier alpha value is -2.11. The Bertz CT molecular complexity index is 488. The second-order valence-electron chi connectivity index (χ2n) is 5.03. The first-order chi connectivity index (χ1) is 9.40. The molecule has 0 aliphatic carbocycles. The maximum absolute atomic E-state index is 10.9. The predicted octanol–water partition coefficient (Wildman–Crippen LogP) is 3.21. The lowest BCUT2D eigenvalue weighted by molar-refractivity contribution is -0.384. The van der Waals surface area contributed by atoms with E-state index in [9.17, 15) is 14.9 Å². The molecule has 0 fully saturated rings. The van der Waals surface area contributed by atoms with Crippen molar-refractivity contribution in [1.29, 1.82) is 0 Å². The van der Waals surface area contributed by atoms with Crippen LogP contribution in [0.4, 0.5) is 11.4 Å². The molecule has 1 aromatic rings. The first-order valence-electron chi connectivity index (χ1n) is 6.61. The highest BCUT2D eigenvalue weighted by atomic mass is 16.6. The van der Waals surface area contributed by atoms with Gasteiger partial charge in [0.15, 0.2) is 0 Å². The molecule has 1 atom stereocenters. The number of anilines is 1. The van der Waals surface area contributed by atoms with Crippen LogP contribution >= 0.6 is 0 Å². The quantitative estimate of drug-likeness (QED) is 0.563. The number of nitrogens with one attached hydrogen (secondary N) is 1. The second kappa shape index (κ2) is 7.47. The van der Waals surface area contributed by atoms with Crippen LogP contribution in [-0.2, 0) is 4.79 Å². The van der Waals surface area contributed by atoms with Gasteiger partial charge in [0.05, 0.1) is 4.92 Å². The Labute approximate surface area is 118 Å². The summed E-state index contributed by atoms with van der Waals surface area (Å²) in [5.74, 6) is -0.526. The highest BCUT2D eigenvalue weighted by Gasteiger charge is 2.13. The number of rotatable bonds is 8. The lowest BCUT2D eigenvalue weighted by Crippen LogP contribution is -2.09. The molecule has 1 unspecified atom stereocenters. The summed E-state index contributed by atoms with van der Waals surface area (Å²) >= 11 is 0. The van der Waals surface area contributed by atoms with Crippen molar-refractivity contribution >= 4 is 17.3 Å². The smallest absolute Gasteiger partial charge is 0.303 e. The number of benzene rings is 1. The molecule has 6 heteroatoms. The van der Waals surface area contributed by atoms with Crippen molar-refractivity contribution < 1.29 is 14.8 Å². The number of nitro groups is 1. The Balaban J connectivity index is 2.51. The normalized spacial score (nSPS) is 11.9. The van der Waals surface area contributed by atoms with E-state index in [1.54, 1.807) is 12.1 Å². The monoisotopic (exact) mass is 280 g/mol. The van der Waals surface area contributed by atoms with Crippen molar-refractivity contribution in [3.05, 3.63) is 33.9 Å². The number of carbonyl (C=O) groups is 1. The highest BCUT2D eigenvalue weighted by molar-refractivity contribution is 5.66. The number of hydrogen-bond acceptors (Lipinski definition) is 4. The highest BCUT2D eigenvalue weighted by Crippen LogP contribution is 2.25. The van der Waals surface area contributed by atoms with Crippen LogP contribution in [-0.4, -0.2) is 22.5 Å². The lowest BCUT2D eigenvalue weighted by Gasteiger charge is -2.12. The van der Waals surface area contributed by atoms with E-state index in [2.05, 4.69) is 5.32 Å². The number of carboxylic acids is 1. The number of aryl methyl sites for hydroxylation is 1. The summed E-state index contributed by atoms with van der Waals surface area (Å²) in [5.41, 5.74) is 1.53. The van der Waals surface area contributed by atoms with E-state index in [0.717, 1.165) is 12.0 Å². The lowest BCUT2D eigenvalue weighted by atomic mass is 10.0. The topological polar surface area (TPSA) is 92.5 Å². The average molecular weight is 280 g/mol. The Morgan fingerprint density at radius 3 is 2.75 bits per heavy atom. The van der Waals surface area contributed by atoms with Gasteiger partial charge in [0, 0.05) is 19.0 Å². The summed E-state index contributed by atoms with van der Waals surface area (Å²) in [5, 5.41) is 22.6. The van der Waals surface area contributed by atoms with Crippen LogP contribution in [0.1, 0.15) is 31.7 Å². The average Bonchev–Trinajstić information content (AvgIpc) is 2.36. The predicted molar refractivity (Wildman–Crippen MR) is 77.0 cm³/mol. The van der Waals surface area contributed by atoms with Gasteiger partial charge in [0.25, 0.3) is 5.69 Å². The van der Waals surface area contributed by atoms with Gasteiger partial charge in [-0.2, -0.15) is 0 Å². The van der Waals surface area contributed by atoms with E-state index in [4.69, 9.17) is 5.11 Å². The fourth-order valence-electron chi connectivity index (χ4n) is 1.92. The third-order valence-electron chi connectivity index (χ3n) is 3.15. The maximum atomic E-state index is 10.9. The molecular weight excluding hydrogens is 260 g/mol. The molecule has 0 bridgehead atoms. The van der Waals surface area contributed by atoms with Crippen molar-refractivity contribution in [2.75, 3.05) is 11.9 Å². The molecule has 0 aliphatic rings. The molecule has 0 saturated heterocycles. The first-order valence-corrected chi connectivity index (χ1v) is 6.61. The van der Waals surface area contributed by atoms with E-state index in [1.165, 1.54) is 6.07 Å². The molecule has 0 aromatic heterocycles. The van der Waals surface area contributed by atoms with Gasteiger partial charge in [-0.3, -0.25) is 14.9 Å². The number of hydrogen-bond donors (Lipinski definition) is 2. The minimum atomic E-state index is -0.792.